The summed E-state index contributed by atoms with van der Waals surface area (Å²) < 4.78 is 15.7. The molecule has 4 heterocycles. The maximum Gasteiger partial charge on any atom is 0.308 e. The smallest absolute Gasteiger partial charge is 0.308 e. The van der Waals surface area contributed by atoms with Crippen molar-refractivity contribution in [2.75, 3.05) is 5.32 Å². The van der Waals surface area contributed by atoms with E-state index in [2.05, 4.69) is 40.4 Å². The molecule has 0 saturated heterocycles. The molecule has 10 nitrogen and oxygen atoms in total. The summed E-state index contributed by atoms with van der Waals surface area (Å²) in [6.07, 6.45) is 6.62. The fraction of sp³-hybridized carbons (Fsp3) is 0.381. The van der Waals surface area contributed by atoms with Crippen molar-refractivity contribution in [3.05, 3.63) is 28.9 Å². The summed E-state index contributed by atoms with van der Waals surface area (Å²) in [6, 6.07) is -0.429. The Morgan fingerprint density at radius 1 is 1.21 bits per heavy atom. The van der Waals surface area contributed by atoms with E-state index in [9.17, 15) is 9.90 Å². The number of hydrogen-bond acceptors (Lipinski definition) is 9. The molecule has 0 unspecified atom stereocenters. The Morgan fingerprint density at radius 2 is 2.00 bits per heavy atom. The molecule has 3 saturated carbocycles. The molecule has 7 rings (SSSR count). The van der Waals surface area contributed by atoms with E-state index in [1.807, 2.05) is 0 Å². The fourth-order valence-corrected chi connectivity index (χ4v) is 5.96. The van der Waals surface area contributed by atoms with Crippen molar-refractivity contribution in [1.29, 1.82) is 0 Å². The van der Waals surface area contributed by atoms with E-state index in [0.29, 0.717) is 16.7 Å². The summed E-state index contributed by atoms with van der Waals surface area (Å²) in [5.74, 6) is -1.85. The average molecular weight is 501 g/mol. The number of aromatic nitrogens is 7. The maximum absolute atomic E-state index is 15.7. The van der Waals surface area contributed by atoms with Gasteiger partial charge in [-0.05, 0) is 37.5 Å². The second kappa shape index (κ2) is 8.20. The first kappa shape index (κ1) is 21.3. The summed E-state index contributed by atoms with van der Waals surface area (Å²) in [6.45, 7) is 0. The Bertz CT molecular complexity index is 1390. The number of fused-ring (bicyclic) bond motifs is 4. The van der Waals surface area contributed by atoms with Gasteiger partial charge in [0, 0.05) is 12.2 Å². The normalized spacial score (nSPS) is 23.9. The number of carboxylic acids is 1. The first-order chi connectivity index (χ1) is 16.5. The van der Waals surface area contributed by atoms with Crippen molar-refractivity contribution in [2.24, 2.45) is 17.8 Å². The summed E-state index contributed by atoms with van der Waals surface area (Å²) >= 11 is 7.19. The van der Waals surface area contributed by atoms with Gasteiger partial charge in [0.25, 0.3) is 0 Å². The average Bonchev–Trinajstić information content (AvgIpc) is 3.51. The van der Waals surface area contributed by atoms with Gasteiger partial charge in [-0.1, -0.05) is 22.9 Å². The highest BCUT2D eigenvalue weighted by molar-refractivity contribution is 7.12. The Hall–Kier alpha value is -3.25. The molecule has 0 aromatic carbocycles. The van der Waals surface area contributed by atoms with E-state index in [1.165, 1.54) is 11.7 Å². The van der Waals surface area contributed by atoms with Crippen LogP contribution >= 0.6 is 22.9 Å². The molecule has 3 aliphatic carbocycles. The van der Waals surface area contributed by atoms with Gasteiger partial charge >= 0.3 is 5.97 Å². The number of rotatable bonds is 5. The molecule has 0 aliphatic heterocycles. The number of H-pyrrole nitrogens is 1. The number of aliphatic carboxylic acids is 1. The monoisotopic (exact) mass is 500 g/mol. The SMILES string of the molecule is O=C(O)[C@H]1C2CCC(CC2)[C@@H]1Nc1nc(-c2c[nH]c3ncc(Cl)nc23)nc(-c2nncs2)c1F. The van der Waals surface area contributed by atoms with Crippen LogP contribution in [0.4, 0.5) is 10.2 Å². The highest BCUT2D eigenvalue weighted by Crippen LogP contribution is 2.46. The van der Waals surface area contributed by atoms with Gasteiger partial charge in [0.2, 0.25) is 0 Å². The van der Waals surface area contributed by atoms with Gasteiger partial charge in [-0.15, -0.1) is 10.2 Å². The Morgan fingerprint density at radius 3 is 2.74 bits per heavy atom. The van der Waals surface area contributed by atoms with Crippen LogP contribution in [0.15, 0.2) is 17.9 Å². The topological polar surface area (TPSA) is 142 Å². The molecule has 2 atom stereocenters. The largest absolute Gasteiger partial charge is 0.481 e. The van der Waals surface area contributed by atoms with Gasteiger partial charge < -0.3 is 15.4 Å². The number of aromatic amines is 1. The highest BCUT2D eigenvalue weighted by Gasteiger charge is 2.47. The van der Waals surface area contributed by atoms with E-state index in [-0.39, 0.29) is 39.3 Å². The molecule has 4 aromatic heterocycles. The zero-order valence-electron chi connectivity index (χ0n) is 17.6. The molecular formula is C21H18ClFN8O2S. The minimum atomic E-state index is -0.868. The summed E-state index contributed by atoms with van der Waals surface area (Å²) in [4.78, 5) is 32.5. The molecule has 2 bridgehead atoms. The predicted molar refractivity (Wildman–Crippen MR) is 123 cm³/mol. The Labute approximate surface area is 201 Å². The first-order valence-corrected chi connectivity index (χ1v) is 12.1. The molecule has 0 radical (unpaired) electrons. The van der Waals surface area contributed by atoms with Gasteiger partial charge in [0.05, 0.1) is 17.7 Å². The van der Waals surface area contributed by atoms with Gasteiger partial charge in [0.1, 0.15) is 21.9 Å². The van der Waals surface area contributed by atoms with E-state index < -0.39 is 23.7 Å². The fourth-order valence-electron chi connectivity index (χ4n) is 5.29. The third-order valence-electron chi connectivity index (χ3n) is 6.81. The second-order valence-electron chi connectivity index (χ2n) is 8.60. The maximum atomic E-state index is 15.7. The number of anilines is 1. The molecule has 13 heteroatoms. The van der Waals surface area contributed by atoms with Crippen LogP contribution in [-0.4, -0.2) is 52.2 Å². The number of halogens is 2. The summed E-state index contributed by atoms with van der Waals surface area (Å²) in [7, 11) is 0. The zero-order valence-corrected chi connectivity index (χ0v) is 19.1. The van der Waals surface area contributed by atoms with Crippen LogP contribution in [0.1, 0.15) is 25.7 Å². The van der Waals surface area contributed by atoms with Crippen molar-refractivity contribution in [3.8, 4) is 22.1 Å². The lowest BCUT2D eigenvalue weighted by Crippen LogP contribution is -2.51. The molecule has 3 fully saturated rings. The first-order valence-electron chi connectivity index (χ1n) is 10.8. The lowest BCUT2D eigenvalue weighted by atomic mass is 9.61. The van der Waals surface area contributed by atoms with Crippen LogP contribution < -0.4 is 5.32 Å². The van der Waals surface area contributed by atoms with E-state index in [1.54, 1.807) is 6.20 Å². The lowest BCUT2D eigenvalue weighted by Gasteiger charge is -2.47. The van der Waals surface area contributed by atoms with Crippen molar-refractivity contribution >= 4 is 45.9 Å². The second-order valence-corrected chi connectivity index (χ2v) is 9.82. The van der Waals surface area contributed by atoms with Gasteiger partial charge in [0.15, 0.2) is 28.1 Å². The molecule has 3 aliphatic rings. The lowest BCUT2D eigenvalue weighted by molar-refractivity contribution is -0.148. The van der Waals surface area contributed by atoms with E-state index in [0.717, 1.165) is 37.0 Å². The summed E-state index contributed by atoms with van der Waals surface area (Å²) in [5, 5.41) is 21.3. The Kier molecular flexibility index (Phi) is 5.14. The minimum Gasteiger partial charge on any atom is -0.481 e. The summed E-state index contributed by atoms with van der Waals surface area (Å²) in [5.41, 5.74) is 2.87. The number of nitrogens with zero attached hydrogens (tertiary/aromatic N) is 6. The van der Waals surface area contributed by atoms with Crippen molar-refractivity contribution in [2.45, 2.75) is 31.7 Å². The number of hydrogen-bond donors (Lipinski definition) is 3. The molecule has 34 heavy (non-hydrogen) atoms. The van der Waals surface area contributed by atoms with Crippen LogP contribution in [0.3, 0.4) is 0 Å². The van der Waals surface area contributed by atoms with Crippen LogP contribution in [0.2, 0.25) is 5.15 Å². The zero-order chi connectivity index (χ0) is 23.4. The van der Waals surface area contributed by atoms with Gasteiger partial charge in [-0.2, -0.15) is 0 Å². The molecule has 3 N–H and O–H groups in total. The highest BCUT2D eigenvalue weighted by atomic mass is 35.5. The van der Waals surface area contributed by atoms with Crippen LogP contribution in [0, 0.1) is 23.6 Å². The van der Waals surface area contributed by atoms with Crippen molar-refractivity contribution in [3.63, 3.8) is 0 Å². The third kappa shape index (κ3) is 3.48. The predicted octanol–water partition coefficient (Wildman–Crippen LogP) is 4.03. The Balaban J connectivity index is 1.49. The quantitative estimate of drug-likeness (QED) is 0.370. The van der Waals surface area contributed by atoms with E-state index in [4.69, 9.17) is 11.6 Å². The third-order valence-corrected chi connectivity index (χ3v) is 7.69. The standard InChI is InChI=1S/C21H18ClFN8O2S/c22-11-6-25-19-15(27-11)10(5-24-19)17-29-16(20-31-26-7-34-20)13(23)18(30-17)28-14-9-3-1-8(2-4-9)12(14)21(32)33/h5-9,12,14H,1-4H2,(H,24,25)(H,32,33)(H,28,29,30)/t8?,9?,12-,14-/m0/s1. The number of carboxylic acid groups (broad SMARTS) is 1. The van der Waals surface area contributed by atoms with Gasteiger partial charge in [-0.25, -0.2) is 24.3 Å². The van der Waals surface area contributed by atoms with Crippen LogP contribution in [0.25, 0.3) is 33.3 Å². The molecular weight excluding hydrogens is 483 g/mol. The molecule has 4 aromatic rings. The molecule has 174 valence electrons. The van der Waals surface area contributed by atoms with Gasteiger partial charge in [-0.3, -0.25) is 4.79 Å². The van der Waals surface area contributed by atoms with Crippen molar-refractivity contribution in [1.82, 2.24) is 35.1 Å². The minimum absolute atomic E-state index is 0.0211. The van der Waals surface area contributed by atoms with Crippen LogP contribution in [-0.2, 0) is 4.79 Å². The van der Waals surface area contributed by atoms with E-state index >= 15 is 4.39 Å². The number of carbonyl (C=O) groups is 1. The number of nitrogens with one attached hydrogen (secondary N) is 2. The molecule has 0 amide bonds. The molecule has 0 spiro atoms. The van der Waals surface area contributed by atoms with Crippen LogP contribution in [0.5, 0.6) is 0 Å². The van der Waals surface area contributed by atoms with Crippen molar-refractivity contribution < 1.29 is 14.3 Å².